The maximum absolute atomic E-state index is 14.6. The Labute approximate surface area is 179 Å². The number of anilines is 1. The van der Waals surface area contributed by atoms with E-state index in [-0.39, 0.29) is 30.1 Å². The van der Waals surface area contributed by atoms with Crippen LogP contribution in [0.15, 0.2) is 60.9 Å². The zero-order chi connectivity index (χ0) is 22.8. The minimum absolute atomic E-state index is 0.144. The molecule has 1 aliphatic rings. The molecule has 1 aromatic carbocycles. The van der Waals surface area contributed by atoms with Gasteiger partial charge in [0.15, 0.2) is 11.6 Å². The third kappa shape index (κ3) is 4.41. The van der Waals surface area contributed by atoms with Crippen molar-refractivity contribution in [3.05, 3.63) is 78.0 Å². The van der Waals surface area contributed by atoms with Crippen molar-refractivity contribution in [2.75, 3.05) is 11.9 Å². The third-order valence-corrected chi connectivity index (χ3v) is 4.79. The zero-order valence-electron chi connectivity index (χ0n) is 16.3. The molecule has 0 spiro atoms. The fourth-order valence-electron chi connectivity index (χ4n) is 3.49. The Balaban J connectivity index is 1.74. The number of pyridine rings is 2. The molecule has 1 aliphatic heterocycles. The van der Waals surface area contributed by atoms with Crippen LogP contribution in [0.5, 0.6) is 11.5 Å². The normalized spacial score (nSPS) is 17.6. The summed E-state index contributed by atoms with van der Waals surface area (Å²) >= 11 is 0. The van der Waals surface area contributed by atoms with Crippen molar-refractivity contribution in [2.24, 2.45) is 0 Å². The first-order chi connectivity index (χ1) is 15.3. The SMILES string of the molecule is O=C(Nc1ccccn1)NC1(c2ccc(OC(F)(F)F)c(F)c2)CCOc2cccnc21. The van der Waals surface area contributed by atoms with Crippen molar-refractivity contribution < 1.29 is 31.8 Å². The Bertz CT molecular complexity index is 1130. The lowest BCUT2D eigenvalue weighted by molar-refractivity contribution is -0.275. The summed E-state index contributed by atoms with van der Waals surface area (Å²) in [7, 11) is 0. The van der Waals surface area contributed by atoms with E-state index in [1.165, 1.54) is 18.5 Å². The van der Waals surface area contributed by atoms with E-state index < -0.39 is 29.5 Å². The number of halogens is 4. The van der Waals surface area contributed by atoms with Crippen molar-refractivity contribution in [3.63, 3.8) is 0 Å². The van der Waals surface area contributed by atoms with Gasteiger partial charge in [-0.15, -0.1) is 13.2 Å². The number of aromatic nitrogens is 2. The smallest absolute Gasteiger partial charge is 0.491 e. The Morgan fingerprint density at radius 1 is 1.09 bits per heavy atom. The van der Waals surface area contributed by atoms with E-state index in [1.807, 2.05) is 0 Å². The molecular formula is C21H16F4N4O3. The monoisotopic (exact) mass is 448 g/mol. The van der Waals surface area contributed by atoms with E-state index in [0.717, 1.165) is 12.1 Å². The highest BCUT2D eigenvalue weighted by atomic mass is 19.4. The number of hydrogen-bond acceptors (Lipinski definition) is 5. The molecule has 0 bridgehead atoms. The Kier molecular flexibility index (Phi) is 5.56. The number of rotatable bonds is 4. The van der Waals surface area contributed by atoms with E-state index in [0.29, 0.717) is 5.75 Å². The lowest BCUT2D eigenvalue weighted by atomic mass is 9.81. The Morgan fingerprint density at radius 2 is 1.91 bits per heavy atom. The Morgan fingerprint density at radius 3 is 2.62 bits per heavy atom. The van der Waals surface area contributed by atoms with Crippen molar-refractivity contribution in [2.45, 2.75) is 18.3 Å². The third-order valence-electron chi connectivity index (χ3n) is 4.79. The number of urea groups is 1. The summed E-state index contributed by atoms with van der Waals surface area (Å²) in [5.41, 5.74) is -0.930. The molecule has 1 atom stereocenters. The molecule has 0 saturated carbocycles. The minimum Gasteiger partial charge on any atom is -0.491 e. The Hall–Kier alpha value is -3.89. The predicted molar refractivity (Wildman–Crippen MR) is 105 cm³/mol. The van der Waals surface area contributed by atoms with E-state index in [9.17, 15) is 22.4 Å². The van der Waals surface area contributed by atoms with E-state index >= 15 is 0 Å². The standard InChI is InChI=1S/C21H16F4N4O3/c22-14-12-13(6-7-15(14)32-21(23,24)25)20(8-11-31-16-4-3-10-27-18(16)20)29-19(30)28-17-5-1-2-9-26-17/h1-7,9-10,12H,8,11H2,(H2,26,28,29,30). The van der Waals surface area contributed by atoms with Gasteiger partial charge in [0.25, 0.3) is 0 Å². The van der Waals surface area contributed by atoms with Crippen molar-refractivity contribution in [3.8, 4) is 11.5 Å². The molecule has 3 aromatic rings. The number of carbonyl (C=O) groups excluding carboxylic acids is 1. The maximum Gasteiger partial charge on any atom is 0.573 e. The maximum atomic E-state index is 14.6. The number of amides is 2. The summed E-state index contributed by atoms with van der Waals surface area (Å²) < 4.78 is 61.5. The molecule has 0 aliphatic carbocycles. The average Bonchev–Trinajstić information content (AvgIpc) is 2.75. The predicted octanol–water partition coefficient (Wildman–Crippen LogP) is 4.36. The molecule has 2 N–H and O–H groups in total. The van der Waals surface area contributed by atoms with Crippen LogP contribution in [-0.2, 0) is 5.54 Å². The number of carbonyl (C=O) groups is 1. The van der Waals surface area contributed by atoms with Crippen LogP contribution in [0.3, 0.4) is 0 Å². The lowest BCUT2D eigenvalue weighted by Crippen LogP contribution is -2.51. The van der Waals surface area contributed by atoms with Gasteiger partial charge < -0.3 is 14.8 Å². The van der Waals surface area contributed by atoms with Gasteiger partial charge in [-0.25, -0.2) is 14.2 Å². The van der Waals surface area contributed by atoms with E-state index in [4.69, 9.17) is 4.74 Å². The fraction of sp³-hybridized carbons (Fsp3) is 0.190. The van der Waals surface area contributed by atoms with Crippen LogP contribution >= 0.6 is 0 Å². The number of nitrogens with zero attached hydrogens (tertiary/aromatic N) is 2. The van der Waals surface area contributed by atoms with Crippen molar-refractivity contribution in [1.29, 1.82) is 0 Å². The zero-order valence-corrected chi connectivity index (χ0v) is 16.3. The van der Waals surface area contributed by atoms with Gasteiger partial charge in [-0.1, -0.05) is 12.1 Å². The molecular weight excluding hydrogens is 432 g/mol. The second-order valence-electron chi connectivity index (χ2n) is 6.84. The van der Waals surface area contributed by atoms with Gasteiger partial charge >= 0.3 is 12.4 Å². The second-order valence-corrected chi connectivity index (χ2v) is 6.84. The topological polar surface area (TPSA) is 85.4 Å². The van der Waals surface area contributed by atoms with Crippen LogP contribution in [-0.4, -0.2) is 29.0 Å². The summed E-state index contributed by atoms with van der Waals surface area (Å²) in [4.78, 5) is 21.1. The highest BCUT2D eigenvalue weighted by molar-refractivity contribution is 5.89. The van der Waals surface area contributed by atoms with E-state index in [2.05, 4.69) is 25.3 Å². The van der Waals surface area contributed by atoms with Gasteiger partial charge in [-0.3, -0.25) is 10.3 Å². The summed E-state index contributed by atoms with van der Waals surface area (Å²) in [5, 5.41) is 5.36. The first-order valence-corrected chi connectivity index (χ1v) is 9.41. The molecule has 2 amide bonds. The minimum atomic E-state index is -5.05. The van der Waals surface area contributed by atoms with Crippen LogP contribution in [0.1, 0.15) is 17.7 Å². The second kappa shape index (κ2) is 8.33. The van der Waals surface area contributed by atoms with Crippen LogP contribution < -0.4 is 20.1 Å². The summed E-state index contributed by atoms with van der Waals surface area (Å²) in [6.07, 6.45) is -1.94. The van der Waals surface area contributed by atoms with Gasteiger partial charge in [-0.2, -0.15) is 0 Å². The number of fused-ring (bicyclic) bond motifs is 1. The van der Waals surface area contributed by atoms with Gasteiger partial charge in [0.2, 0.25) is 0 Å². The summed E-state index contributed by atoms with van der Waals surface area (Å²) in [6, 6.07) is 10.5. The summed E-state index contributed by atoms with van der Waals surface area (Å²) in [6.45, 7) is 0.144. The van der Waals surface area contributed by atoms with Gasteiger partial charge in [0.1, 0.15) is 22.8 Å². The van der Waals surface area contributed by atoms with Crippen LogP contribution in [0.2, 0.25) is 0 Å². The molecule has 3 heterocycles. The largest absolute Gasteiger partial charge is 0.573 e. The summed E-state index contributed by atoms with van der Waals surface area (Å²) in [5.74, 6) is -1.60. The lowest BCUT2D eigenvalue weighted by Gasteiger charge is -2.38. The average molecular weight is 448 g/mol. The first-order valence-electron chi connectivity index (χ1n) is 9.41. The van der Waals surface area contributed by atoms with Gasteiger partial charge in [0.05, 0.1) is 6.61 Å². The molecule has 0 saturated heterocycles. The molecule has 11 heteroatoms. The number of benzene rings is 1. The molecule has 7 nitrogen and oxygen atoms in total. The highest BCUT2D eigenvalue weighted by Gasteiger charge is 2.43. The van der Waals surface area contributed by atoms with Crippen molar-refractivity contribution in [1.82, 2.24) is 15.3 Å². The van der Waals surface area contributed by atoms with Crippen molar-refractivity contribution >= 4 is 11.8 Å². The van der Waals surface area contributed by atoms with Crippen LogP contribution in [0.25, 0.3) is 0 Å². The quantitative estimate of drug-likeness (QED) is 0.580. The van der Waals surface area contributed by atoms with Crippen LogP contribution in [0, 0.1) is 5.82 Å². The molecule has 166 valence electrons. The highest BCUT2D eigenvalue weighted by Crippen LogP contribution is 2.41. The molecule has 0 fully saturated rings. The number of hydrogen-bond donors (Lipinski definition) is 2. The molecule has 4 rings (SSSR count). The van der Waals surface area contributed by atoms with Crippen LogP contribution in [0.4, 0.5) is 28.2 Å². The van der Waals surface area contributed by atoms with E-state index in [1.54, 1.807) is 30.3 Å². The molecule has 1 unspecified atom stereocenters. The fourth-order valence-corrected chi connectivity index (χ4v) is 3.49. The number of alkyl halides is 3. The van der Waals surface area contributed by atoms with Gasteiger partial charge in [0, 0.05) is 18.8 Å². The first kappa shape index (κ1) is 21.3. The molecule has 0 radical (unpaired) electrons. The molecule has 2 aromatic heterocycles. The number of ether oxygens (including phenoxy) is 2. The van der Waals surface area contributed by atoms with Gasteiger partial charge in [-0.05, 0) is 42.0 Å². The molecule has 32 heavy (non-hydrogen) atoms. The number of nitrogens with one attached hydrogen (secondary N) is 2.